The third-order valence-corrected chi connectivity index (χ3v) is 3.86. The molecule has 1 unspecified atom stereocenters. The topological polar surface area (TPSA) is 35.2 Å². The van der Waals surface area contributed by atoms with E-state index in [0.717, 1.165) is 0 Å². The molecule has 2 nitrogen and oxygen atoms in total. The molecule has 2 N–H and O–H groups in total. The van der Waals surface area contributed by atoms with Crippen LogP contribution in [0.25, 0.3) is 0 Å². The van der Waals surface area contributed by atoms with Crippen molar-refractivity contribution in [1.82, 2.24) is 0 Å². The summed E-state index contributed by atoms with van der Waals surface area (Å²) in [6.07, 6.45) is -9.83. The van der Waals surface area contributed by atoms with Crippen molar-refractivity contribution in [3.05, 3.63) is 70.5 Å². The number of nitrogens with two attached hydrogens (primary N) is 1. The van der Waals surface area contributed by atoms with Crippen molar-refractivity contribution >= 4 is 12.4 Å². The highest BCUT2D eigenvalue weighted by Crippen LogP contribution is 2.36. The zero-order valence-corrected chi connectivity index (χ0v) is 15.1. The molecule has 0 saturated heterocycles. The molecular weight excluding hydrogens is 415 g/mol. The van der Waals surface area contributed by atoms with Gasteiger partial charge in [0.1, 0.15) is 5.82 Å². The molecule has 0 spiro atoms. The Morgan fingerprint density at radius 1 is 0.857 bits per heavy atom. The summed E-state index contributed by atoms with van der Waals surface area (Å²) in [7, 11) is 0. The second-order valence-electron chi connectivity index (χ2n) is 5.91. The molecule has 0 heterocycles. The van der Waals surface area contributed by atoms with E-state index in [-0.39, 0.29) is 43.1 Å². The molecule has 2 aromatic carbocycles. The number of hydrogen-bond donors (Lipinski definition) is 1. The van der Waals surface area contributed by atoms with E-state index in [1.54, 1.807) is 0 Å². The van der Waals surface area contributed by atoms with Crippen LogP contribution in [0.4, 0.5) is 30.7 Å². The summed E-state index contributed by atoms with van der Waals surface area (Å²) in [6, 6.07) is 6.71. The molecule has 0 radical (unpaired) electrons. The molecule has 10 heteroatoms. The Bertz CT molecular complexity index is 728. The molecular formula is C18H17ClF7NO. The predicted octanol–water partition coefficient (Wildman–Crippen LogP) is 5.54. The molecule has 0 fully saturated rings. The third kappa shape index (κ3) is 6.65. The SMILES string of the molecule is Cl.NCC(COCc1cc(C(F)(F)F)cc(C(F)(F)F)c1)c1ccc(F)cc1. The van der Waals surface area contributed by atoms with Gasteiger partial charge >= 0.3 is 12.4 Å². The van der Waals surface area contributed by atoms with Gasteiger partial charge in [-0.25, -0.2) is 4.39 Å². The van der Waals surface area contributed by atoms with Gasteiger partial charge in [-0.05, 0) is 41.5 Å². The maximum atomic E-state index is 12.9. The average Bonchev–Trinajstić information content (AvgIpc) is 2.58. The number of benzene rings is 2. The van der Waals surface area contributed by atoms with Crippen molar-refractivity contribution < 1.29 is 35.5 Å². The Morgan fingerprint density at radius 2 is 1.36 bits per heavy atom. The molecule has 28 heavy (non-hydrogen) atoms. The summed E-state index contributed by atoms with van der Waals surface area (Å²) >= 11 is 0. The lowest BCUT2D eigenvalue weighted by molar-refractivity contribution is -0.143. The van der Waals surface area contributed by atoms with Gasteiger partial charge in [-0.15, -0.1) is 12.4 Å². The summed E-state index contributed by atoms with van der Waals surface area (Å²) in [5, 5.41) is 0. The Hall–Kier alpha value is -1.84. The van der Waals surface area contributed by atoms with Gasteiger partial charge in [-0.1, -0.05) is 12.1 Å². The van der Waals surface area contributed by atoms with E-state index in [9.17, 15) is 30.7 Å². The van der Waals surface area contributed by atoms with E-state index in [4.69, 9.17) is 10.5 Å². The minimum Gasteiger partial charge on any atom is -0.376 e. The highest BCUT2D eigenvalue weighted by atomic mass is 35.5. The number of alkyl halides is 6. The van der Waals surface area contributed by atoms with Gasteiger partial charge in [0.05, 0.1) is 24.3 Å². The quantitative estimate of drug-likeness (QED) is 0.609. The number of rotatable bonds is 6. The second kappa shape index (κ2) is 9.58. The summed E-state index contributed by atoms with van der Waals surface area (Å²) < 4.78 is 95.3. The zero-order chi connectivity index (χ0) is 20.2. The summed E-state index contributed by atoms with van der Waals surface area (Å²) in [5.74, 6) is -0.822. The van der Waals surface area contributed by atoms with E-state index in [1.807, 2.05) is 0 Å². The molecule has 156 valence electrons. The van der Waals surface area contributed by atoms with Gasteiger partial charge in [0.15, 0.2) is 0 Å². The van der Waals surface area contributed by atoms with Gasteiger partial charge in [-0.3, -0.25) is 0 Å². The van der Waals surface area contributed by atoms with E-state index in [1.165, 1.54) is 24.3 Å². The van der Waals surface area contributed by atoms with Gasteiger partial charge in [0, 0.05) is 12.5 Å². The van der Waals surface area contributed by atoms with E-state index in [2.05, 4.69) is 0 Å². The maximum Gasteiger partial charge on any atom is 0.416 e. The minimum atomic E-state index is -4.91. The van der Waals surface area contributed by atoms with Crippen LogP contribution in [0.2, 0.25) is 0 Å². The van der Waals surface area contributed by atoms with E-state index < -0.39 is 35.9 Å². The Morgan fingerprint density at radius 3 is 1.79 bits per heavy atom. The first-order valence-corrected chi connectivity index (χ1v) is 7.82. The molecule has 0 aliphatic carbocycles. The van der Waals surface area contributed by atoms with E-state index >= 15 is 0 Å². The molecule has 2 rings (SSSR count). The highest BCUT2D eigenvalue weighted by Gasteiger charge is 2.36. The van der Waals surface area contributed by atoms with Crippen molar-refractivity contribution in [3.8, 4) is 0 Å². The number of ether oxygens (including phenoxy) is 1. The van der Waals surface area contributed by atoms with Crippen LogP contribution in [0.5, 0.6) is 0 Å². The van der Waals surface area contributed by atoms with Crippen molar-refractivity contribution in [3.63, 3.8) is 0 Å². The second-order valence-corrected chi connectivity index (χ2v) is 5.91. The molecule has 1 atom stereocenters. The van der Waals surface area contributed by atoms with Crippen LogP contribution in [0.3, 0.4) is 0 Å². The number of hydrogen-bond acceptors (Lipinski definition) is 2. The molecule has 0 amide bonds. The van der Waals surface area contributed by atoms with Gasteiger partial charge in [0.2, 0.25) is 0 Å². The molecule has 0 aliphatic rings. The zero-order valence-electron chi connectivity index (χ0n) is 14.3. The molecule has 0 aromatic heterocycles. The maximum absolute atomic E-state index is 12.9. The summed E-state index contributed by atoms with van der Waals surface area (Å²) in [5.41, 5.74) is 3.21. The third-order valence-electron chi connectivity index (χ3n) is 3.86. The Balaban J connectivity index is 0.00000392. The Labute approximate surface area is 162 Å². The van der Waals surface area contributed by atoms with Crippen molar-refractivity contribution in [1.29, 1.82) is 0 Å². The fourth-order valence-corrected chi connectivity index (χ4v) is 2.46. The molecule has 0 aliphatic heterocycles. The predicted molar refractivity (Wildman–Crippen MR) is 91.5 cm³/mol. The summed E-state index contributed by atoms with van der Waals surface area (Å²) in [4.78, 5) is 0. The normalized spacial score (nSPS) is 13.1. The lowest BCUT2D eigenvalue weighted by atomic mass is 10.0. The monoisotopic (exact) mass is 431 g/mol. The van der Waals surface area contributed by atoms with Gasteiger partial charge < -0.3 is 10.5 Å². The van der Waals surface area contributed by atoms with Crippen LogP contribution in [-0.2, 0) is 23.7 Å². The van der Waals surface area contributed by atoms with Crippen LogP contribution >= 0.6 is 12.4 Å². The van der Waals surface area contributed by atoms with Crippen LogP contribution in [0, 0.1) is 5.82 Å². The molecule has 0 saturated carbocycles. The first-order valence-electron chi connectivity index (χ1n) is 7.82. The highest BCUT2D eigenvalue weighted by molar-refractivity contribution is 5.85. The Kier molecular flexibility index (Phi) is 8.28. The smallest absolute Gasteiger partial charge is 0.376 e. The van der Waals surface area contributed by atoms with Crippen LogP contribution in [-0.4, -0.2) is 13.2 Å². The largest absolute Gasteiger partial charge is 0.416 e. The average molecular weight is 432 g/mol. The first kappa shape index (κ1) is 24.2. The van der Waals surface area contributed by atoms with Crippen molar-refractivity contribution in [2.24, 2.45) is 5.73 Å². The molecule has 2 aromatic rings. The minimum absolute atomic E-state index is 0. The van der Waals surface area contributed by atoms with Crippen LogP contribution < -0.4 is 5.73 Å². The van der Waals surface area contributed by atoms with Crippen LogP contribution in [0.1, 0.15) is 28.2 Å². The fourth-order valence-electron chi connectivity index (χ4n) is 2.46. The first-order chi connectivity index (χ1) is 12.5. The van der Waals surface area contributed by atoms with Crippen molar-refractivity contribution in [2.45, 2.75) is 24.9 Å². The van der Waals surface area contributed by atoms with Crippen molar-refractivity contribution in [2.75, 3.05) is 13.2 Å². The number of halogens is 8. The van der Waals surface area contributed by atoms with Gasteiger partial charge in [-0.2, -0.15) is 26.3 Å². The molecule has 0 bridgehead atoms. The van der Waals surface area contributed by atoms with Crippen LogP contribution in [0.15, 0.2) is 42.5 Å². The lowest BCUT2D eigenvalue weighted by Crippen LogP contribution is -2.18. The fraction of sp³-hybridized carbons (Fsp3) is 0.333. The van der Waals surface area contributed by atoms with Gasteiger partial charge in [0.25, 0.3) is 0 Å². The standard InChI is InChI=1S/C18H16F7NO.ClH/c19-16-3-1-12(2-4-16)13(8-26)10-27-9-11-5-14(17(20,21)22)7-15(6-11)18(23,24)25;/h1-7,13H,8-10,26H2;1H. The van der Waals surface area contributed by atoms with E-state index in [0.29, 0.717) is 17.7 Å². The summed E-state index contributed by atoms with van der Waals surface area (Å²) in [6.45, 7) is -0.382. The lowest BCUT2D eigenvalue weighted by Gasteiger charge is -2.17.